The molecule has 134 valence electrons. The lowest BCUT2D eigenvalue weighted by molar-refractivity contribution is 0.0526. The first-order chi connectivity index (χ1) is 11.8. The molecule has 1 N–H and O–H groups in total. The van der Waals surface area contributed by atoms with Gasteiger partial charge in [0, 0.05) is 5.69 Å². The fourth-order valence-corrected chi connectivity index (χ4v) is 3.57. The maximum atomic E-state index is 12.5. The number of hydrogen-bond acceptors (Lipinski definition) is 5. The molecule has 0 fully saturated rings. The highest BCUT2D eigenvalue weighted by Crippen LogP contribution is 2.28. The fourth-order valence-electron chi connectivity index (χ4n) is 1.98. The third kappa shape index (κ3) is 4.56. The molecule has 6 nitrogen and oxygen atoms in total. The summed E-state index contributed by atoms with van der Waals surface area (Å²) in [7, 11) is -2.48. The lowest BCUT2D eigenvalue weighted by Crippen LogP contribution is -2.14. The van der Waals surface area contributed by atoms with Crippen molar-refractivity contribution >= 4 is 44.9 Å². The second-order valence-electron chi connectivity index (χ2n) is 4.82. The Morgan fingerprint density at radius 2 is 1.84 bits per heavy atom. The normalized spacial score (nSPS) is 11.0. The first-order valence-electron chi connectivity index (χ1n) is 7.11. The van der Waals surface area contributed by atoms with E-state index in [1.165, 1.54) is 43.5 Å². The van der Waals surface area contributed by atoms with Crippen LogP contribution in [0.15, 0.2) is 41.3 Å². The predicted octanol–water partition coefficient (Wildman–Crippen LogP) is 3.98. The number of carbonyl (C=O) groups excluding carboxylic acids is 1. The Balaban J connectivity index is 2.33. The topological polar surface area (TPSA) is 81.7 Å². The van der Waals surface area contributed by atoms with Crippen LogP contribution in [0.5, 0.6) is 5.75 Å². The van der Waals surface area contributed by atoms with E-state index in [2.05, 4.69) is 4.72 Å². The number of rotatable bonds is 6. The number of hydrogen-bond donors (Lipinski definition) is 1. The summed E-state index contributed by atoms with van der Waals surface area (Å²) < 4.78 is 37.2. The van der Waals surface area contributed by atoms with Crippen LogP contribution in [0.4, 0.5) is 5.69 Å². The highest BCUT2D eigenvalue weighted by Gasteiger charge is 2.18. The van der Waals surface area contributed by atoms with Gasteiger partial charge in [0.05, 0.1) is 34.2 Å². The van der Waals surface area contributed by atoms with Crippen LogP contribution in [0.25, 0.3) is 0 Å². The molecule has 0 heterocycles. The van der Waals surface area contributed by atoms with E-state index < -0.39 is 16.0 Å². The van der Waals surface area contributed by atoms with E-state index in [0.29, 0.717) is 5.75 Å². The number of halogens is 2. The van der Waals surface area contributed by atoms with Gasteiger partial charge in [-0.15, -0.1) is 0 Å². The lowest BCUT2D eigenvalue weighted by atomic mass is 10.2. The number of esters is 1. The SMILES string of the molecule is CCOC(=O)c1cc(NS(=O)(=O)c2ccc(OC)c(Cl)c2)ccc1Cl. The van der Waals surface area contributed by atoms with Gasteiger partial charge >= 0.3 is 5.97 Å². The van der Waals surface area contributed by atoms with Crippen LogP contribution < -0.4 is 9.46 Å². The molecule has 9 heteroatoms. The van der Waals surface area contributed by atoms with E-state index in [9.17, 15) is 13.2 Å². The minimum atomic E-state index is -3.91. The van der Waals surface area contributed by atoms with Crippen LogP contribution in [-0.2, 0) is 14.8 Å². The summed E-state index contributed by atoms with van der Waals surface area (Å²) in [5, 5.41) is 0.322. The Bertz CT molecular complexity index is 899. The summed E-state index contributed by atoms with van der Waals surface area (Å²) in [6, 6.07) is 8.23. The molecular weight excluding hydrogens is 389 g/mol. The zero-order valence-corrected chi connectivity index (χ0v) is 15.7. The van der Waals surface area contributed by atoms with Crippen LogP contribution in [-0.4, -0.2) is 28.1 Å². The summed E-state index contributed by atoms with van der Waals surface area (Å²) in [6.07, 6.45) is 0. The average Bonchev–Trinajstić information content (AvgIpc) is 2.56. The number of sulfonamides is 1. The lowest BCUT2D eigenvalue weighted by Gasteiger charge is -2.11. The fraction of sp³-hybridized carbons (Fsp3) is 0.188. The zero-order chi connectivity index (χ0) is 18.6. The molecule has 2 rings (SSSR count). The number of methoxy groups -OCH3 is 1. The van der Waals surface area contributed by atoms with Gasteiger partial charge in [0.15, 0.2) is 0 Å². The minimum absolute atomic E-state index is 0.0501. The van der Waals surface area contributed by atoms with Gasteiger partial charge in [-0.2, -0.15) is 0 Å². The van der Waals surface area contributed by atoms with Crippen molar-refractivity contribution in [2.45, 2.75) is 11.8 Å². The summed E-state index contributed by atoms with van der Waals surface area (Å²) >= 11 is 11.9. The Kier molecular flexibility index (Phi) is 6.16. The van der Waals surface area contributed by atoms with E-state index >= 15 is 0 Å². The number of ether oxygens (including phenoxy) is 2. The molecule has 0 saturated carbocycles. The minimum Gasteiger partial charge on any atom is -0.495 e. The standard InChI is InChI=1S/C16H15Cl2NO5S/c1-3-24-16(20)12-8-10(4-6-13(12)17)19-25(21,22)11-5-7-15(23-2)14(18)9-11/h4-9,19H,3H2,1-2H3. The maximum absolute atomic E-state index is 12.5. The van der Waals surface area contributed by atoms with E-state index in [1.54, 1.807) is 6.92 Å². The third-order valence-electron chi connectivity index (χ3n) is 3.15. The predicted molar refractivity (Wildman–Crippen MR) is 96.2 cm³/mol. The van der Waals surface area contributed by atoms with Crippen LogP contribution in [0, 0.1) is 0 Å². The van der Waals surface area contributed by atoms with Crippen LogP contribution in [0.3, 0.4) is 0 Å². The number of benzene rings is 2. The molecule has 2 aromatic rings. The molecule has 0 aromatic heterocycles. The van der Waals surface area contributed by atoms with Gasteiger partial charge in [-0.05, 0) is 43.3 Å². The number of carbonyl (C=O) groups is 1. The molecule has 0 aliphatic carbocycles. The van der Waals surface area contributed by atoms with Gasteiger partial charge < -0.3 is 9.47 Å². The van der Waals surface area contributed by atoms with Crippen molar-refractivity contribution in [1.82, 2.24) is 0 Å². The first kappa shape index (κ1) is 19.4. The summed E-state index contributed by atoms with van der Waals surface area (Å²) in [5.41, 5.74) is 0.232. The second-order valence-corrected chi connectivity index (χ2v) is 7.31. The van der Waals surface area contributed by atoms with Crippen molar-refractivity contribution < 1.29 is 22.7 Å². The summed E-state index contributed by atoms with van der Waals surface area (Å²) in [4.78, 5) is 11.8. The molecule has 0 aliphatic heterocycles. The molecular formula is C16H15Cl2NO5S. The molecule has 0 bridgehead atoms. The molecule has 25 heavy (non-hydrogen) atoms. The van der Waals surface area contributed by atoms with Gasteiger partial charge in [-0.1, -0.05) is 23.2 Å². The van der Waals surface area contributed by atoms with Gasteiger partial charge in [0.25, 0.3) is 10.0 Å². The third-order valence-corrected chi connectivity index (χ3v) is 5.15. The van der Waals surface area contributed by atoms with Gasteiger partial charge in [0.1, 0.15) is 5.75 Å². The molecule has 0 saturated heterocycles. The molecule has 0 aliphatic rings. The zero-order valence-electron chi connectivity index (χ0n) is 13.4. The van der Waals surface area contributed by atoms with Crippen molar-refractivity contribution in [2.75, 3.05) is 18.4 Å². The Morgan fingerprint density at radius 3 is 2.44 bits per heavy atom. The van der Waals surface area contributed by atoms with Crippen LogP contribution in [0.2, 0.25) is 10.0 Å². The van der Waals surface area contributed by atoms with E-state index in [4.69, 9.17) is 32.7 Å². The highest BCUT2D eigenvalue weighted by molar-refractivity contribution is 7.92. The Labute approximate surface area is 155 Å². The van der Waals surface area contributed by atoms with Crippen molar-refractivity contribution in [3.05, 3.63) is 52.0 Å². The smallest absolute Gasteiger partial charge is 0.339 e. The second kappa shape index (κ2) is 7.95. The first-order valence-corrected chi connectivity index (χ1v) is 9.35. The highest BCUT2D eigenvalue weighted by atomic mass is 35.5. The Hall–Kier alpha value is -1.96. The molecule has 0 unspecified atom stereocenters. The monoisotopic (exact) mass is 403 g/mol. The maximum Gasteiger partial charge on any atom is 0.339 e. The summed E-state index contributed by atoms with van der Waals surface area (Å²) in [6.45, 7) is 1.83. The average molecular weight is 404 g/mol. The van der Waals surface area contributed by atoms with Crippen molar-refractivity contribution in [3.63, 3.8) is 0 Å². The molecule has 0 radical (unpaired) electrons. The van der Waals surface area contributed by atoms with E-state index in [1.807, 2.05) is 0 Å². The molecule has 0 amide bonds. The van der Waals surface area contributed by atoms with E-state index in [-0.39, 0.29) is 32.8 Å². The van der Waals surface area contributed by atoms with Crippen LogP contribution in [0.1, 0.15) is 17.3 Å². The van der Waals surface area contributed by atoms with Crippen LogP contribution >= 0.6 is 23.2 Å². The number of anilines is 1. The van der Waals surface area contributed by atoms with E-state index in [0.717, 1.165) is 0 Å². The molecule has 2 aromatic carbocycles. The largest absolute Gasteiger partial charge is 0.495 e. The molecule has 0 spiro atoms. The molecule has 0 atom stereocenters. The van der Waals surface area contributed by atoms with Gasteiger partial charge in [-0.25, -0.2) is 13.2 Å². The van der Waals surface area contributed by atoms with Crippen molar-refractivity contribution in [2.24, 2.45) is 0 Å². The summed E-state index contributed by atoms with van der Waals surface area (Å²) in [5.74, 6) is -0.280. The number of nitrogens with one attached hydrogen (secondary N) is 1. The van der Waals surface area contributed by atoms with Gasteiger partial charge in [-0.3, -0.25) is 4.72 Å². The van der Waals surface area contributed by atoms with Crippen molar-refractivity contribution in [1.29, 1.82) is 0 Å². The van der Waals surface area contributed by atoms with Crippen molar-refractivity contribution in [3.8, 4) is 5.75 Å². The quantitative estimate of drug-likeness (QED) is 0.737. The van der Waals surface area contributed by atoms with Gasteiger partial charge in [0.2, 0.25) is 0 Å². The Morgan fingerprint density at radius 1 is 1.12 bits per heavy atom.